The third kappa shape index (κ3) is 3.39. The normalized spacial score (nSPS) is 12.0. The Morgan fingerprint density at radius 1 is 1.21 bits per heavy atom. The lowest BCUT2D eigenvalue weighted by molar-refractivity contribution is -0.142. The molecular formula is C19H20N4O5. The van der Waals surface area contributed by atoms with Crippen molar-refractivity contribution in [1.29, 1.82) is 0 Å². The van der Waals surface area contributed by atoms with Crippen molar-refractivity contribution in [3.8, 4) is 11.6 Å². The number of esters is 1. The number of aromatic nitrogens is 3. The lowest BCUT2D eigenvalue weighted by Crippen LogP contribution is -2.38. The van der Waals surface area contributed by atoms with Crippen molar-refractivity contribution in [2.24, 2.45) is 12.8 Å². The van der Waals surface area contributed by atoms with Crippen LogP contribution in [-0.2, 0) is 23.0 Å². The van der Waals surface area contributed by atoms with Gasteiger partial charge in [0, 0.05) is 13.1 Å². The predicted molar refractivity (Wildman–Crippen MR) is 103 cm³/mol. The van der Waals surface area contributed by atoms with Crippen LogP contribution < -0.4 is 21.7 Å². The molecule has 9 heteroatoms. The van der Waals surface area contributed by atoms with E-state index < -0.39 is 23.3 Å². The Morgan fingerprint density at radius 3 is 2.50 bits per heavy atom. The van der Waals surface area contributed by atoms with Gasteiger partial charge < -0.3 is 15.2 Å². The highest BCUT2D eigenvalue weighted by molar-refractivity contribution is 5.78. The Kier molecular flexibility index (Phi) is 5.27. The maximum atomic E-state index is 12.9. The zero-order chi connectivity index (χ0) is 20.4. The van der Waals surface area contributed by atoms with Crippen LogP contribution in [-0.4, -0.2) is 40.3 Å². The van der Waals surface area contributed by atoms with Crippen molar-refractivity contribution in [2.45, 2.75) is 12.5 Å². The molecule has 2 N–H and O–H groups in total. The molecule has 3 aromatic rings. The molecule has 0 radical (unpaired) electrons. The van der Waals surface area contributed by atoms with Gasteiger partial charge in [-0.1, -0.05) is 12.1 Å². The molecule has 0 bridgehead atoms. The van der Waals surface area contributed by atoms with E-state index in [2.05, 4.69) is 9.72 Å². The molecule has 0 unspecified atom stereocenters. The van der Waals surface area contributed by atoms with Crippen molar-refractivity contribution >= 4 is 16.9 Å². The molecule has 2 aromatic heterocycles. The molecule has 0 amide bonds. The van der Waals surface area contributed by atoms with E-state index in [9.17, 15) is 14.4 Å². The van der Waals surface area contributed by atoms with Gasteiger partial charge in [0.15, 0.2) is 0 Å². The van der Waals surface area contributed by atoms with Crippen LogP contribution in [0.5, 0.6) is 5.88 Å². The van der Waals surface area contributed by atoms with E-state index in [0.717, 1.165) is 10.1 Å². The molecule has 0 aliphatic carbocycles. The Balaban J connectivity index is 2.07. The number of aryl methyl sites for hydroxylation is 1. The largest absolute Gasteiger partial charge is 0.481 e. The van der Waals surface area contributed by atoms with Crippen LogP contribution in [0.25, 0.3) is 16.6 Å². The highest BCUT2D eigenvalue weighted by Crippen LogP contribution is 2.14. The topological polar surface area (TPSA) is 118 Å². The number of ether oxygens (including phenoxy) is 2. The lowest BCUT2D eigenvalue weighted by Gasteiger charge is -2.12. The number of pyridine rings is 1. The predicted octanol–water partition coefficient (Wildman–Crippen LogP) is 0.136. The van der Waals surface area contributed by atoms with Crippen molar-refractivity contribution in [2.75, 3.05) is 14.2 Å². The van der Waals surface area contributed by atoms with Crippen LogP contribution >= 0.6 is 0 Å². The number of methoxy groups -OCH3 is 2. The third-order valence-corrected chi connectivity index (χ3v) is 4.49. The Labute approximate surface area is 159 Å². The monoisotopic (exact) mass is 384 g/mol. The van der Waals surface area contributed by atoms with Crippen LogP contribution in [0.4, 0.5) is 0 Å². The van der Waals surface area contributed by atoms with E-state index >= 15 is 0 Å². The molecular weight excluding hydrogens is 364 g/mol. The average molecular weight is 384 g/mol. The fraction of sp³-hybridized carbons (Fsp3) is 0.263. The summed E-state index contributed by atoms with van der Waals surface area (Å²) in [5.74, 6) is -0.229. The zero-order valence-corrected chi connectivity index (χ0v) is 15.7. The summed E-state index contributed by atoms with van der Waals surface area (Å²) in [6.07, 6.45) is 1.71. The molecule has 1 aromatic carbocycles. The molecule has 0 aliphatic heterocycles. The van der Waals surface area contributed by atoms with Crippen LogP contribution in [0.2, 0.25) is 0 Å². The molecule has 2 heterocycles. The minimum Gasteiger partial charge on any atom is -0.481 e. The number of hydrogen-bond donors (Lipinski definition) is 1. The quantitative estimate of drug-likeness (QED) is 0.621. The van der Waals surface area contributed by atoms with Gasteiger partial charge in [0.2, 0.25) is 5.88 Å². The Hall–Kier alpha value is -3.46. The summed E-state index contributed by atoms with van der Waals surface area (Å²) in [6.45, 7) is 0. The summed E-state index contributed by atoms with van der Waals surface area (Å²) >= 11 is 0. The van der Waals surface area contributed by atoms with E-state index in [1.807, 2.05) is 0 Å². The number of nitrogens with zero attached hydrogens (tertiary/aromatic N) is 3. The summed E-state index contributed by atoms with van der Waals surface area (Å²) in [6, 6.07) is 7.39. The first-order valence-corrected chi connectivity index (χ1v) is 8.46. The molecule has 3 rings (SSSR count). The second-order valence-electron chi connectivity index (χ2n) is 6.23. The molecule has 28 heavy (non-hydrogen) atoms. The molecule has 1 atom stereocenters. The summed E-state index contributed by atoms with van der Waals surface area (Å²) < 4.78 is 12.1. The van der Waals surface area contributed by atoms with Gasteiger partial charge in [0.1, 0.15) is 6.04 Å². The number of rotatable bonds is 5. The Morgan fingerprint density at radius 2 is 1.89 bits per heavy atom. The van der Waals surface area contributed by atoms with Gasteiger partial charge in [0.05, 0.1) is 37.0 Å². The fourth-order valence-electron chi connectivity index (χ4n) is 2.94. The second-order valence-corrected chi connectivity index (χ2v) is 6.23. The first kappa shape index (κ1) is 19.3. The standard InChI is InChI=1S/C19H20N4O5/c1-22-15-10-21-16(27-2)9-13(15)17(24)23(19(22)26)12-6-4-11(5-7-12)8-14(20)18(25)28-3/h4-7,9-10,14H,8,20H2,1-3H3/t14-/m0/s1. The first-order valence-electron chi connectivity index (χ1n) is 8.46. The number of carbonyl (C=O) groups is 1. The van der Waals surface area contributed by atoms with Crippen molar-refractivity contribution in [3.05, 3.63) is 62.9 Å². The van der Waals surface area contributed by atoms with Crippen LogP contribution in [0.1, 0.15) is 5.56 Å². The molecule has 0 aliphatic rings. The average Bonchev–Trinajstić information content (AvgIpc) is 2.72. The summed E-state index contributed by atoms with van der Waals surface area (Å²) in [5.41, 5.74) is 6.38. The summed E-state index contributed by atoms with van der Waals surface area (Å²) in [4.78, 5) is 41.2. The van der Waals surface area contributed by atoms with E-state index in [4.69, 9.17) is 10.5 Å². The zero-order valence-electron chi connectivity index (χ0n) is 15.7. The van der Waals surface area contributed by atoms with E-state index in [1.54, 1.807) is 31.3 Å². The van der Waals surface area contributed by atoms with Crippen LogP contribution in [0.15, 0.2) is 46.1 Å². The number of fused-ring (bicyclic) bond motifs is 1. The van der Waals surface area contributed by atoms with Crippen LogP contribution in [0, 0.1) is 0 Å². The minimum atomic E-state index is -0.785. The summed E-state index contributed by atoms with van der Waals surface area (Å²) in [7, 11) is 4.29. The molecule has 0 fully saturated rings. The van der Waals surface area contributed by atoms with E-state index in [-0.39, 0.29) is 12.3 Å². The minimum absolute atomic E-state index is 0.278. The van der Waals surface area contributed by atoms with Gasteiger partial charge in [-0.2, -0.15) is 0 Å². The van der Waals surface area contributed by atoms with Gasteiger partial charge in [-0.15, -0.1) is 0 Å². The maximum absolute atomic E-state index is 12.9. The number of carbonyl (C=O) groups excluding carboxylic acids is 1. The molecule has 9 nitrogen and oxygen atoms in total. The van der Waals surface area contributed by atoms with Crippen molar-refractivity contribution in [3.63, 3.8) is 0 Å². The number of benzene rings is 1. The molecule has 146 valence electrons. The maximum Gasteiger partial charge on any atom is 0.335 e. The van der Waals surface area contributed by atoms with Gasteiger partial charge in [0.25, 0.3) is 5.56 Å². The molecule has 0 spiro atoms. The fourth-order valence-corrected chi connectivity index (χ4v) is 2.94. The van der Waals surface area contributed by atoms with Crippen LogP contribution in [0.3, 0.4) is 0 Å². The number of hydrogen-bond acceptors (Lipinski definition) is 7. The smallest absolute Gasteiger partial charge is 0.335 e. The van der Waals surface area contributed by atoms with Gasteiger partial charge in [-0.3, -0.25) is 14.2 Å². The van der Waals surface area contributed by atoms with Crippen molar-refractivity contribution in [1.82, 2.24) is 14.1 Å². The third-order valence-electron chi connectivity index (χ3n) is 4.49. The lowest BCUT2D eigenvalue weighted by atomic mass is 10.1. The van der Waals surface area contributed by atoms with E-state index in [1.165, 1.54) is 31.0 Å². The summed E-state index contributed by atoms with van der Waals surface area (Å²) in [5, 5.41) is 0.311. The molecule has 0 saturated carbocycles. The highest BCUT2D eigenvalue weighted by Gasteiger charge is 2.16. The van der Waals surface area contributed by atoms with Gasteiger partial charge in [-0.25, -0.2) is 14.3 Å². The Bertz CT molecular complexity index is 1150. The first-order chi connectivity index (χ1) is 13.4. The molecule has 0 saturated heterocycles. The van der Waals surface area contributed by atoms with Gasteiger partial charge in [-0.05, 0) is 24.1 Å². The van der Waals surface area contributed by atoms with Crippen molar-refractivity contribution < 1.29 is 14.3 Å². The highest BCUT2D eigenvalue weighted by atomic mass is 16.5. The van der Waals surface area contributed by atoms with E-state index in [0.29, 0.717) is 16.6 Å². The van der Waals surface area contributed by atoms with Gasteiger partial charge >= 0.3 is 11.7 Å². The SMILES string of the molecule is COC(=O)[C@@H](N)Cc1ccc(-n2c(=O)c3cc(OC)ncc3n(C)c2=O)cc1. The number of nitrogens with two attached hydrogens (primary N) is 1. The second kappa shape index (κ2) is 7.65.